The van der Waals surface area contributed by atoms with Crippen molar-refractivity contribution in [2.75, 3.05) is 32.9 Å². The second kappa shape index (κ2) is 12.3. The average Bonchev–Trinajstić information content (AvgIpc) is 2.25. The molecule has 0 aromatic rings. The lowest BCUT2D eigenvalue weighted by atomic mass is 10.2. The van der Waals surface area contributed by atoms with E-state index in [9.17, 15) is 0 Å². The Hall–Kier alpha value is -0.120. The number of nitrogens with one attached hydrogen (secondary N) is 1. The summed E-state index contributed by atoms with van der Waals surface area (Å²) >= 11 is 0. The zero-order chi connectivity index (χ0) is 12.9. The summed E-state index contributed by atoms with van der Waals surface area (Å²) in [6, 6.07) is 0. The van der Waals surface area contributed by atoms with Gasteiger partial charge in [0.05, 0.1) is 19.3 Å². The zero-order valence-corrected chi connectivity index (χ0v) is 12.1. The highest BCUT2D eigenvalue weighted by molar-refractivity contribution is 4.51. The molecule has 0 saturated carbocycles. The van der Waals surface area contributed by atoms with E-state index < -0.39 is 0 Å². The number of ether oxygens (including phenoxy) is 2. The molecule has 0 atom stereocenters. The van der Waals surface area contributed by atoms with E-state index in [4.69, 9.17) is 9.47 Å². The Bertz CT molecular complexity index is 133. The van der Waals surface area contributed by atoms with E-state index in [0.717, 1.165) is 38.6 Å². The highest BCUT2D eigenvalue weighted by Gasteiger charge is 1.95. The molecule has 0 amide bonds. The molecule has 0 aliphatic heterocycles. The molecule has 0 aliphatic rings. The lowest BCUT2D eigenvalue weighted by Gasteiger charge is -2.08. The molecular formula is C14H31NO2. The Kier molecular flexibility index (Phi) is 12.3. The summed E-state index contributed by atoms with van der Waals surface area (Å²) in [5.41, 5.74) is 0. The van der Waals surface area contributed by atoms with E-state index in [1.807, 2.05) is 13.8 Å². The molecule has 0 heterocycles. The van der Waals surface area contributed by atoms with Crippen LogP contribution in [-0.2, 0) is 9.47 Å². The van der Waals surface area contributed by atoms with Gasteiger partial charge in [-0.05, 0) is 52.1 Å². The van der Waals surface area contributed by atoms with Crippen molar-refractivity contribution in [1.29, 1.82) is 0 Å². The summed E-state index contributed by atoms with van der Waals surface area (Å²) in [4.78, 5) is 0. The molecule has 0 radical (unpaired) electrons. The Morgan fingerprint density at radius 3 is 2.29 bits per heavy atom. The van der Waals surface area contributed by atoms with Crippen LogP contribution in [0.3, 0.4) is 0 Å². The van der Waals surface area contributed by atoms with Crippen molar-refractivity contribution < 1.29 is 9.47 Å². The Labute approximate surface area is 107 Å². The van der Waals surface area contributed by atoms with Crippen LogP contribution < -0.4 is 5.32 Å². The van der Waals surface area contributed by atoms with Gasteiger partial charge in [0.2, 0.25) is 0 Å². The minimum absolute atomic E-state index is 0.311. The first-order valence-electron chi connectivity index (χ1n) is 7.03. The van der Waals surface area contributed by atoms with Crippen molar-refractivity contribution >= 4 is 0 Å². The topological polar surface area (TPSA) is 30.5 Å². The van der Waals surface area contributed by atoms with Crippen LogP contribution in [0.4, 0.5) is 0 Å². The van der Waals surface area contributed by atoms with Crippen LogP contribution in [0.5, 0.6) is 0 Å². The summed E-state index contributed by atoms with van der Waals surface area (Å²) < 4.78 is 10.9. The Balaban J connectivity index is 2.94. The van der Waals surface area contributed by atoms with Crippen LogP contribution in [0.25, 0.3) is 0 Å². The van der Waals surface area contributed by atoms with Gasteiger partial charge in [0.15, 0.2) is 0 Å². The zero-order valence-electron chi connectivity index (χ0n) is 12.1. The first-order chi connectivity index (χ1) is 8.13. The predicted octanol–water partition coefficient (Wildman–Crippen LogP) is 2.84. The molecule has 0 unspecified atom stereocenters. The minimum Gasteiger partial charge on any atom is -0.379 e. The van der Waals surface area contributed by atoms with Crippen molar-refractivity contribution in [3.05, 3.63) is 0 Å². The Morgan fingerprint density at radius 2 is 1.65 bits per heavy atom. The third-order valence-electron chi connectivity index (χ3n) is 2.37. The molecule has 0 rings (SSSR count). The van der Waals surface area contributed by atoms with Gasteiger partial charge in [-0.1, -0.05) is 13.8 Å². The molecule has 0 aliphatic carbocycles. The Morgan fingerprint density at radius 1 is 0.882 bits per heavy atom. The SMILES string of the molecule is CC(C)CNCCCCCOCCOC(C)C. The summed E-state index contributed by atoms with van der Waals surface area (Å²) in [6.07, 6.45) is 3.96. The van der Waals surface area contributed by atoms with Crippen LogP contribution in [0, 0.1) is 5.92 Å². The maximum Gasteiger partial charge on any atom is 0.0703 e. The third-order valence-corrected chi connectivity index (χ3v) is 2.37. The fraction of sp³-hybridized carbons (Fsp3) is 1.00. The van der Waals surface area contributed by atoms with Gasteiger partial charge in [0, 0.05) is 6.61 Å². The van der Waals surface area contributed by atoms with E-state index >= 15 is 0 Å². The molecule has 17 heavy (non-hydrogen) atoms. The van der Waals surface area contributed by atoms with Crippen LogP contribution in [0.15, 0.2) is 0 Å². The van der Waals surface area contributed by atoms with Gasteiger partial charge in [-0.2, -0.15) is 0 Å². The van der Waals surface area contributed by atoms with Gasteiger partial charge in [-0.3, -0.25) is 0 Å². The quantitative estimate of drug-likeness (QED) is 0.536. The molecule has 3 heteroatoms. The summed E-state index contributed by atoms with van der Waals surface area (Å²) in [7, 11) is 0. The maximum absolute atomic E-state index is 5.48. The second-order valence-corrected chi connectivity index (χ2v) is 5.19. The van der Waals surface area contributed by atoms with Gasteiger partial charge < -0.3 is 14.8 Å². The van der Waals surface area contributed by atoms with Crippen molar-refractivity contribution in [2.45, 2.75) is 53.1 Å². The van der Waals surface area contributed by atoms with E-state index in [1.165, 1.54) is 12.8 Å². The van der Waals surface area contributed by atoms with E-state index in [1.54, 1.807) is 0 Å². The number of unbranched alkanes of at least 4 members (excludes halogenated alkanes) is 2. The van der Waals surface area contributed by atoms with E-state index in [2.05, 4.69) is 19.2 Å². The lowest BCUT2D eigenvalue weighted by Crippen LogP contribution is -2.20. The molecule has 0 aromatic heterocycles. The van der Waals surface area contributed by atoms with Gasteiger partial charge >= 0.3 is 0 Å². The fourth-order valence-corrected chi connectivity index (χ4v) is 1.47. The van der Waals surface area contributed by atoms with E-state index in [-0.39, 0.29) is 0 Å². The minimum atomic E-state index is 0.311. The standard InChI is InChI=1S/C14H31NO2/c1-13(2)12-15-8-6-5-7-9-16-10-11-17-14(3)4/h13-15H,5-12H2,1-4H3. The first-order valence-corrected chi connectivity index (χ1v) is 7.03. The van der Waals surface area contributed by atoms with Gasteiger partial charge in [-0.25, -0.2) is 0 Å². The van der Waals surface area contributed by atoms with Crippen molar-refractivity contribution in [1.82, 2.24) is 5.32 Å². The molecule has 0 saturated heterocycles. The largest absolute Gasteiger partial charge is 0.379 e. The fourth-order valence-electron chi connectivity index (χ4n) is 1.47. The van der Waals surface area contributed by atoms with Gasteiger partial charge in [-0.15, -0.1) is 0 Å². The van der Waals surface area contributed by atoms with Crippen molar-refractivity contribution in [3.8, 4) is 0 Å². The molecule has 3 nitrogen and oxygen atoms in total. The molecule has 0 spiro atoms. The average molecular weight is 245 g/mol. The van der Waals surface area contributed by atoms with Crippen LogP contribution in [0.2, 0.25) is 0 Å². The number of rotatable bonds is 12. The van der Waals surface area contributed by atoms with Crippen molar-refractivity contribution in [3.63, 3.8) is 0 Å². The number of hydrogen-bond donors (Lipinski definition) is 1. The molecule has 1 N–H and O–H groups in total. The van der Waals surface area contributed by atoms with Crippen LogP contribution in [0.1, 0.15) is 47.0 Å². The molecule has 0 aromatic carbocycles. The first kappa shape index (κ1) is 16.9. The summed E-state index contributed by atoms with van der Waals surface area (Å²) in [5.74, 6) is 0.749. The van der Waals surface area contributed by atoms with E-state index in [0.29, 0.717) is 12.7 Å². The predicted molar refractivity (Wildman–Crippen MR) is 73.5 cm³/mol. The summed E-state index contributed by atoms with van der Waals surface area (Å²) in [6.45, 7) is 13.1. The smallest absolute Gasteiger partial charge is 0.0703 e. The third kappa shape index (κ3) is 15.9. The van der Waals surface area contributed by atoms with Crippen molar-refractivity contribution in [2.24, 2.45) is 5.92 Å². The lowest BCUT2D eigenvalue weighted by molar-refractivity contribution is 0.0187. The highest BCUT2D eigenvalue weighted by atomic mass is 16.5. The van der Waals surface area contributed by atoms with Crippen LogP contribution in [-0.4, -0.2) is 39.0 Å². The van der Waals surface area contributed by atoms with Crippen LogP contribution >= 0.6 is 0 Å². The summed E-state index contributed by atoms with van der Waals surface area (Å²) in [5, 5.41) is 3.45. The second-order valence-electron chi connectivity index (χ2n) is 5.19. The molecule has 0 fully saturated rings. The normalized spacial score (nSPS) is 11.6. The molecule has 104 valence electrons. The molecule has 0 bridgehead atoms. The maximum atomic E-state index is 5.48. The highest BCUT2D eigenvalue weighted by Crippen LogP contribution is 1.96. The molecular weight excluding hydrogens is 214 g/mol. The monoisotopic (exact) mass is 245 g/mol. The number of hydrogen-bond acceptors (Lipinski definition) is 3. The van der Waals surface area contributed by atoms with Gasteiger partial charge in [0.1, 0.15) is 0 Å². The van der Waals surface area contributed by atoms with Gasteiger partial charge in [0.25, 0.3) is 0 Å².